The van der Waals surface area contributed by atoms with Crippen LogP contribution in [0.1, 0.15) is 20.3 Å². The molecule has 1 aliphatic rings. The largest absolute Gasteiger partial charge is 0.487 e. The van der Waals surface area contributed by atoms with Crippen LogP contribution in [0.5, 0.6) is 11.5 Å². The SMILES string of the molecule is CCC(Oc1ccccc1F)C(=O)Nc1ccc(S(=O)(=O)N2CC(C)Oc3ccccc32)cc1. The van der Waals surface area contributed by atoms with Crippen LogP contribution in [0, 0.1) is 5.82 Å². The zero-order valence-electron chi connectivity index (χ0n) is 18.8. The van der Waals surface area contributed by atoms with Gasteiger partial charge in [-0.3, -0.25) is 9.10 Å². The van der Waals surface area contributed by atoms with E-state index < -0.39 is 27.9 Å². The van der Waals surface area contributed by atoms with Crippen molar-refractivity contribution in [3.05, 3.63) is 78.6 Å². The first kappa shape index (κ1) is 23.6. The van der Waals surface area contributed by atoms with Crippen molar-refractivity contribution in [3.63, 3.8) is 0 Å². The van der Waals surface area contributed by atoms with Gasteiger partial charge in [-0.15, -0.1) is 0 Å². The summed E-state index contributed by atoms with van der Waals surface area (Å²) in [5.41, 5.74) is 0.879. The van der Waals surface area contributed by atoms with Gasteiger partial charge in [0.2, 0.25) is 0 Å². The smallest absolute Gasteiger partial charge is 0.265 e. The molecule has 9 heteroatoms. The maximum atomic E-state index is 13.9. The normalized spacial score (nSPS) is 16.2. The number of sulfonamides is 1. The average Bonchev–Trinajstić information content (AvgIpc) is 2.83. The number of rotatable bonds is 7. The second-order valence-electron chi connectivity index (χ2n) is 7.89. The summed E-state index contributed by atoms with van der Waals surface area (Å²) in [5, 5.41) is 2.70. The molecule has 1 amide bonds. The van der Waals surface area contributed by atoms with Gasteiger partial charge in [0.1, 0.15) is 11.9 Å². The molecule has 7 nitrogen and oxygen atoms in total. The van der Waals surface area contributed by atoms with E-state index in [4.69, 9.17) is 9.47 Å². The molecular weight excluding hydrogens is 459 g/mol. The molecular formula is C25H25FN2O5S. The Morgan fingerprint density at radius 2 is 1.79 bits per heavy atom. The number of hydrogen-bond donors (Lipinski definition) is 1. The van der Waals surface area contributed by atoms with E-state index in [2.05, 4.69) is 5.32 Å². The monoisotopic (exact) mass is 484 g/mol. The van der Waals surface area contributed by atoms with Gasteiger partial charge >= 0.3 is 0 Å². The summed E-state index contributed by atoms with van der Waals surface area (Å²) in [6, 6.07) is 18.7. The number of benzene rings is 3. The molecule has 0 aromatic heterocycles. The Hall–Kier alpha value is -3.59. The molecule has 0 spiro atoms. The number of carbonyl (C=O) groups excluding carboxylic acids is 1. The maximum Gasteiger partial charge on any atom is 0.265 e. The first-order valence-electron chi connectivity index (χ1n) is 10.9. The standard InChI is InChI=1S/C25H25FN2O5S/c1-3-22(33-23-10-6-4-8-20(23)26)25(29)27-18-12-14-19(15-13-18)34(30,31)28-16-17(2)32-24-11-7-5-9-21(24)28/h4-15,17,22H,3,16H2,1-2H3,(H,27,29). The summed E-state index contributed by atoms with van der Waals surface area (Å²) in [5.74, 6) is -0.514. The van der Waals surface area contributed by atoms with Gasteiger partial charge in [-0.2, -0.15) is 0 Å². The molecule has 1 aliphatic heterocycles. The van der Waals surface area contributed by atoms with Gasteiger partial charge in [-0.25, -0.2) is 12.8 Å². The minimum absolute atomic E-state index is 0.00837. The van der Waals surface area contributed by atoms with E-state index in [1.807, 2.05) is 6.92 Å². The van der Waals surface area contributed by atoms with Crippen molar-refractivity contribution >= 4 is 27.3 Å². The van der Waals surface area contributed by atoms with Crippen molar-refractivity contribution in [2.45, 2.75) is 37.4 Å². The van der Waals surface area contributed by atoms with E-state index in [9.17, 15) is 17.6 Å². The number of halogens is 1. The Kier molecular flexibility index (Phi) is 6.74. The van der Waals surface area contributed by atoms with Crippen LogP contribution in [0.15, 0.2) is 77.7 Å². The molecule has 0 aliphatic carbocycles. The lowest BCUT2D eigenvalue weighted by molar-refractivity contribution is -0.122. The van der Waals surface area contributed by atoms with Gasteiger partial charge in [0, 0.05) is 5.69 Å². The fourth-order valence-corrected chi connectivity index (χ4v) is 5.20. The highest BCUT2D eigenvalue weighted by Crippen LogP contribution is 2.36. The summed E-state index contributed by atoms with van der Waals surface area (Å²) >= 11 is 0. The highest BCUT2D eigenvalue weighted by molar-refractivity contribution is 7.92. The predicted molar refractivity (Wildman–Crippen MR) is 127 cm³/mol. The van der Waals surface area contributed by atoms with Crippen LogP contribution in [0.3, 0.4) is 0 Å². The quantitative estimate of drug-likeness (QED) is 0.530. The third-order valence-corrected chi connectivity index (χ3v) is 7.16. The van der Waals surface area contributed by atoms with Gasteiger partial charge in [0.05, 0.1) is 17.1 Å². The van der Waals surface area contributed by atoms with Crippen LogP contribution in [0.2, 0.25) is 0 Å². The van der Waals surface area contributed by atoms with Crippen LogP contribution in [-0.4, -0.2) is 33.1 Å². The second-order valence-corrected chi connectivity index (χ2v) is 9.75. The van der Waals surface area contributed by atoms with Gasteiger partial charge in [0.15, 0.2) is 17.7 Å². The molecule has 178 valence electrons. The molecule has 3 aromatic carbocycles. The zero-order valence-corrected chi connectivity index (χ0v) is 19.6. The Morgan fingerprint density at radius 1 is 1.12 bits per heavy atom. The van der Waals surface area contributed by atoms with Crippen LogP contribution < -0.4 is 19.1 Å². The van der Waals surface area contributed by atoms with Crippen LogP contribution in [-0.2, 0) is 14.8 Å². The number of nitrogens with zero attached hydrogens (tertiary/aromatic N) is 1. The molecule has 0 saturated carbocycles. The van der Waals surface area contributed by atoms with Gasteiger partial charge in [-0.05, 0) is 61.9 Å². The molecule has 2 unspecified atom stereocenters. The van der Waals surface area contributed by atoms with E-state index in [0.717, 1.165) is 0 Å². The lowest BCUT2D eigenvalue weighted by Crippen LogP contribution is -2.42. The number of fused-ring (bicyclic) bond motifs is 1. The fourth-order valence-electron chi connectivity index (χ4n) is 3.65. The molecule has 2 atom stereocenters. The summed E-state index contributed by atoms with van der Waals surface area (Å²) in [6.45, 7) is 3.75. The summed E-state index contributed by atoms with van der Waals surface area (Å²) in [6.07, 6.45) is -0.892. The lowest BCUT2D eigenvalue weighted by Gasteiger charge is -2.34. The van der Waals surface area contributed by atoms with Crippen LogP contribution in [0.4, 0.5) is 15.8 Å². The van der Waals surface area contributed by atoms with Crippen molar-refractivity contribution in [1.82, 2.24) is 0 Å². The van der Waals surface area contributed by atoms with Gasteiger partial charge in [0.25, 0.3) is 15.9 Å². The van der Waals surface area contributed by atoms with Crippen molar-refractivity contribution in [3.8, 4) is 11.5 Å². The number of para-hydroxylation sites is 3. The second kappa shape index (κ2) is 9.72. The average molecular weight is 485 g/mol. The Bertz CT molecular complexity index is 1280. The molecule has 0 fully saturated rings. The number of hydrogen-bond acceptors (Lipinski definition) is 5. The van der Waals surface area contributed by atoms with Crippen molar-refractivity contribution in [1.29, 1.82) is 0 Å². The number of nitrogens with one attached hydrogen (secondary N) is 1. The summed E-state index contributed by atoms with van der Waals surface area (Å²) in [7, 11) is -3.85. The third-order valence-electron chi connectivity index (χ3n) is 5.36. The van der Waals surface area contributed by atoms with Gasteiger partial charge in [-0.1, -0.05) is 31.2 Å². The van der Waals surface area contributed by atoms with E-state index in [1.165, 1.54) is 46.8 Å². The van der Waals surface area contributed by atoms with Crippen LogP contribution >= 0.6 is 0 Å². The van der Waals surface area contributed by atoms with E-state index in [1.54, 1.807) is 37.3 Å². The first-order chi connectivity index (χ1) is 16.3. The number of amides is 1. The summed E-state index contributed by atoms with van der Waals surface area (Å²) in [4.78, 5) is 12.8. The molecule has 0 saturated heterocycles. The maximum absolute atomic E-state index is 13.9. The fraction of sp³-hybridized carbons (Fsp3) is 0.240. The molecule has 0 bridgehead atoms. The molecule has 34 heavy (non-hydrogen) atoms. The Balaban J connectivity index is 1.50. The van der Waals surface area contributed by atoms with Gasteiger partial charge < -0.3 is 14.8 Å². The van der Waals surface area contributed by atoms with E-state index in [0.29, 0.717) is 23.5 Å². The van der Waals surface area contributed by atoms with Crippen molar-refractivity contribution in [2.24, 2.45) is 0 Å². The minimum Gasteiger partial charge on any atom is -0.487 e. The molecule has 1 N–H and O–H groups in total. The van der Waals surface area contributed by atoms with Crippen molar-refractivity contribution in [2.75, 3.05) is 16.2 Å². The number of ether oxygens (including phenoxy) is 2. The number of anilines is 2. The van der Waals surface area contributed by atoms with Crippen molar-refractivity contribution < 1.29 is 27.1 Å². The zero-order chi connectivity index (χ0) is 24.3. The van der Waals surface area contributed by atoms with E-state index >= 15 is 0 Å². The highest BCUT2D eigenvalue weighted by atomic mass is 32.2. The predicted octanol–water partition coefficient (Wildman–Crippen LogP) is 4.60. The number of carbonyl (C=O) groups is 1. The summed E-state index contributed by atoms with van der Waals surface area (Å²) < 4.78 is 53.2. The molecule has 1 heterocycles. The minimum atomic E-state index is -3.85. The topological polar surface area (TPSA) is 84.9 Å². The van der Waals surface area contributed by atoms with E-state index in [-0.39, 0.29) is 23.3 Å². The third kappa shape index (κ3) is 4.84. The molecule has 4 rings (SSSR count). The molecule has 3 aromatic rings. The Labute approximate surface area is 198 Å². The van der Waals surface area contributed by atoms with Crippen LogP contribution in [0.25, 0.3) is 0 Å². The first-order valence-corrected chi connectivity index (χ1v) is 12.3. The highest BCUT2D eigenvalue weighted by Gasteiger charge is 2.32. The molecule has 0 radical (unpaired) electrons. The Morgan fingerprint density at radius 3 is 2.50 bits per heavy atom. The lowest BCUT2D eigenvalue weighted by atomic mass is 10.2.